The maximum Gasteiger partial charge on any atom is 0.0726 e. The second-order valence-electron chi connectivity index (χ2n) is 21.7. The summed E-state index contributed by atoms with van der Waals surface area (Å²) in [6, 6.07) is 86.6. The summed E-state index contributed by atoms with van der Waals surface area (Å²) in [5, 5.41) is 5.57. The van der Waals surface area contributed by atoms with Crippen LogP contribution in [0.15, 0.2) is 224 Å². The van der Waals surface area contributed by atoms with Gasteiger partial charge in [-0.15, -0.1) is 11.3 Å². The Bertz CT molecular complexity index is 4320. The molecule has 73 heavy (non-hydrogen) atoms. The quantitative estimate of drug-likeness (QED) is 0.171. The lowest BCUT2D eigenvalue weighted by molar-refractivity contribution is 0.631. The van der Waals surface area contributed by atoms with Gasteiger partial charge in [-0.1, -0.05) is 214 Å². The number of fused-ring (bicyclic) bond motifs is 18. The van der Waals surface area contributed by atoms with E-state index in [0.717, 1.165) is 12.8 Å². The zero-order chi connectivity index (χ0) is 48.0. The second kappa shape index (κ2) is 14.0. The van der Waals surface area contributed by atoms with Crippen molar-refractivity contribution in [2.24, 2.45) is 0 Å². The first-order valence-electron chi connectivity index (χ1n) is 26.0. The molecule has 0 saturated heterocycles. The van der Waals surface area contributed by atoms with Crippen LogP contribution in [0.2, 0.25) is 0 Å². The van der Waals surface area contributed by atoms with Gasteiger partial charge in [-0.3, -0.25) is 0 Å². The molecule has 1 aromatic heterocycles. The number of benzene rings is 11. The Labute approximate surface area is 429 Å². The van der Waals surface area contributed by atoms with Crippen LogP contribution in [0.25, 0.3) is 64.3 Å². The summed E-state index contributed by atoms with van der Waals surface area (Å²) >= 11 is 2.00. The van der Waals surface area contributed by atoms with Crippen LogP contribution in [0, 0.1) is 0 Å². The van der Waals surface area contributed by atoms with Crippen molar-refractivity contribution in [3.8, 4) is 33.4 Å². The first kappa shape index (κ1) is 40.3. The van der Waals surface area contributed by atoms with Crippen LogP contribution in [0.4, 0.5) is 17.1 Å². The zero-order valence-electron chi connectivity index (χ0n) is 40.6. The van der Waals surface area contributed by atoms with E-state index < -0.39 is 10.8 Å². The normalized spacial score (nSPS) is 16.0. The highest BCUT2D eigenvalue weighted by Crippen LogP contribution is 2.66. The molecule has 0 atom stereocenters. The molecular weight excluding hydrogens is 899 g/mol. The maximum atomic E-state index is 2.64. The van der Waals surface area contributed by atoms with E-state index in [9.17, 15) is 0 Å². The van der Waals surface area contributed by atoms with Gasteiger partial charge in [0.15, 0.2) is 0 Å². The van der Waals surface area contributed by atoms with Crippen LogP contribution in [0.1, 0.15) is 80.6 Å². The molecule has 17 rings (SSSR count). The number of nitrogens with zero attached hydrogens (tertiary/aromatic N) is 1. The van der Waals surface area contributed by atoms with Gasteiger partial charge in [0, 0.05) is 26.5 Å². The van der Waals surface area contributed by atoms with Gasteiger partial charge in [-0.25, -0.2) is 0 Å². The molecule has 0 unspecified atom stereocenters. The van der Waals surface area contributed by atoms with Gasteiger partial charge < -0.3 is 4.90 Å². The summed E-state index contributed by atoms with van der Waals surface area (Å²) in [5.74, 6) is 0. The van der Waals surface area contributed by atoms with Crippen LogP contribution < -0.4 is 4.90 Å². The lowest BCUT2D eigenvalue weighted by Crippen LogP contribution is -2.32. The van der Waals surface area contributed by atoms with Crippen molar-refractivity contribution in [2.75, 3.05) is 4.90 Å². The molecule has 12 aromatic rings. The molecule has 5 aliphatic rings. The van der Waals surface area contributed by atoms with E-state index in [4.69, 9.17) is 0 Å². The predicted octanol–water partition coefficient (Wildman–Crippen LogP) is 18.1. The number of aryl methyl sites for hydroxylation is 2. The summed E-state index contributed by atoms with van der Waals surface area (Å²) in [4.78, 5) is 2.64. The van der Waals surface area contributed by atoms with Gasteiger partial charge in [0.05, 0.1) is 32.6 Å². The van der Waals surface area contributed by atoms with Gasteiger partial charge in [0.1, 0.15) is 0 Å². The van der Waals surface area contributed by atoms with Crippen LogP contribution in [-0.2, 0) is 29.1 Å². The maximum absolute atomic E-state index is 2.64. The average molecular weight is 946 g/mol. The number of anilines is 3. The first-order valence-corrected chi connectivity index (χ1v) is 26.9. The molecule has 1 nitrogen and oxygen atoms in total. The van der Waals surface area contributed by atoms with Gasteiger partial charge in [-0.05, 0) is 142 Å². The number of thiophene rings is 1. The monoisotopic (exact) mass is 945 g/mol. The number of rotatable bonds is 3. The Hall–Kier alpha value is -8.30. The minimum atomic E-state index is -0.523. The van der Waals surface area contributed by atoms with Gasteiger partial charge in [-0.2, -0.15) is 0 Å². The van der Waals surface area contributed by atoms with E-state index in [2.05, 4.69) is 243 Å². The topological polar surface area (TPSA) is 3.24 Å². The fourth-order valence-electron chi connectivity index (χ4n) is 15.3. The minimum absolute atomic E-state index is 0.278. The Morgan fingerprint density at radius 2 is 0.890 bits per heavy atom. The van der Waals surface area contributed by atoms with Crippen LogP contribution in [0.5, 0.6) is 0 Å². The third-order valence-electron chi connectivity index (χ3n) is 18.2. The highest BCUT2D eigenvalue weighted by molar-refractivity contribution is 7.27. The molecule has 0 bridgehead atoms. The van der Waals surface area contributed by atoms with E-state index in [0.29, 0.717) is 0 Å². The third-order valence-corrected chi connectivity index (χ3v) is 19.5. The molecule has 0 fully saturated rings. The van der Waals surface area contributed by atoms with E-state index in [1.165, 1.54) is 148 Å². The Morgan fingerprint density at radius 1 is 0.342 bits per heavy atom. The molecule has 2 heterocycles. The molecule has 1 spiro atoms. The summed E-state index contributed by atoms with van der Waals surface area (Å²) in [6.45, 7) is 4.87. The van der Waals surface area contributed by atoms with Crippen LogP contribution >= 0.6 is 11.3 Å². The lowest BCUT2D eigenvalue weighted by Gasteiger charge is -2.43. The second-order valence-corrected chi connectivity index (χ2v) is 22.7. The highest BCUT2D eigenvalue weighted by Gasteiger charge is 2.52. The smallest absolute Gasteiger partial charge is 0.0726 e. The summed E-state index contributed by atoms with van der Waals surface area (Å²) in [6.07, 6.45) is 2.20. The van der Waals surface area contributed by atoms with Crippen molar-refractivity contribution in [1.82, 2.24) is 0 Å². The fourth-order valence-corrected chi connectivity index (χ4v) is 16.7. The third kappa shape index (κ3) is 4.76. The van der Waals surface area contributed by atoms with Gasteiger partial charge in [0.25, 0.3) is 0 Å². The molecule has 342 valence electrons. The fraction of sp³-hybridized carbons (Fsp3) is 0.0986. The molecule has 4 aliphatic carbocycles. The molecule has 0 amide bonds. The van der Waals surface area contributed by atoms with Crippen molar-refractivity contribution in [2.45, 2.75) is 42.9 Å². The molecular formula is C71H47NS. The Morgan fingerprint density at radius 3 is 1.58 bits per heavy atom. The van der Waals surface area contributed by atoms with Crippen molar-refractivity contribution in [3.05, 3.63) is 291 Å². The van der Waals surface area contributed by atoms with E-state index in [1.54, 1.807) is 0 Å². The molecule has 1 aliphatic heterocycles. The van der Waals surface area contributed by atoms with E-state index in [-0.39, 0.29) is 5.41 Å². The highest BCUT2D eigenvalue weighted by atomic mass is 32.1. The van der Waals surface area contributed by atoms with Crippen molar-refractivity contribution >= 4 is 59.3 Å². The largest absolute Gasteiger partial charge is 0.308 e. The number of hydrogen-bond acceptors (Lipinski definition) is 2. The van der Waals surface area contributed by atoms with E-state index in [1.807, 2.05) is 11.3 Å². The molecule has 2 heteroatoms. The number of hydrogen-bond donors (Lipinski definition) is 0. The van der Waals surface area contributed by atoms with Crippen molar-refractivity contribution in [1.29, 1.82) is 0 Å². The van der Waals surface area contributed by atoms with Crippen molar-refractivity contribution < 1.29 is 0 Å². The molecule has 0 radical (unpaired) electrons. The number of para-hydroxylation sites is 1. The zero-order valence-corrected chi connectivity index (χ0v) is 41.4. The first-order chi connectivity index (χ1) is 36.0. The molecule has 0 N–H and O–H groups in total. The van der Waals surface area contributed by atoms with Crippen molar-refractivity contribution in [3.63, 3.8) is 0 Å². The summed E-state index contributed by atoms with van der Waals surface area (Å²) in [5.41, 5.74) is 27.0. The lowest BCUT2D eigenvalue weighted by atomic mass is 9.61. The van der Waals surface area contributed by atoms with Gasteiger partial charge >= 0.3 is 0 Å². The van der Waals surface area contributed by atoms with Gasteiger partial charge in [0.2, 0.25) is 0 Å². The average Bonchev–Trinajstić information content (AvgIpc) is 4.21. The summed E-state index contributed by atoms with van der Waals surface area (Å²) in [7, 11) is 0. The Kier molecular flexibility index (Phi) is 7.74. The molecule has 11 aromatic carbocycles. The van der Waals surface area contributed by atoms with Crippen LogP contribution in [-0.4, -0.2) is 0 Å². The SMILES string of the molecule is CC1(C)c2ccccc2N(c2cccc3c2sc2c4c(ccc23)C2(c3ccccc3-c3ccccc32)c2ccc3c5c(ccc-4c25)CC3)c2cc3c(cc21)-c1ccccc1C3(c1ccccc1)c1ccccc1. The van der Waals surface area contributed by atoms with Crippen LogP contribution in [0.3, 0.4) is 0 Å². The molecule has 0 saturated carbocycles. The summed E-state index contributed by atoms with van der Waals surface area (Å²) < 4.78 is 2.68. The Balaban J connectivity index is 0.978. The minimum Gasteiger partial charge on any atom is -0.308 e. The predicted molar refractivity (Wildman–Crippen MR) is 305 cm³/mol. The standard InChI is InChI=1S/C71H47NS/c1-69(2)56-29-15-16-30-61(56)72(63-41-59-52(40-60(63)69)48-24-11-12-26-53(48)70(59,44-18-5-3-6-19-44)45-20-7-4-8-21-45)62-31-17-25-49-50-37-39-58-66(68(50)73-67(49)62)51-36-34-42-32-33-43-35-38-57(65(51)64(42)43)71(58)54-27-13-9-22-46(54)47-23-10-14-28-55(47)71/h3-31,34-41H,32-33H2,1-2H3. The van der Waals surface area contributed by atoms with E-state index >= 15 is 0 Å².